The van der Waals surface area contributed by atoms with Gasteiger partial charge in [0.25, 0.3) is 11.9 Å². The lowest BCUT2D eigenvalue weighted by Gasteiger charge is -2.05. The molecule has 0 aliphatic carbocycles. The van der Waals surface area contributed by atoms with Crippen LogP contribution in [0, 0.1) is 13.8 Å². The van der Waals surface area contributed by atoms with E-state index in [4.69, 9.17) is 17.3 Å². The molecular weight excluding hydrogens is 280 g/mol. The van der Waals surface area contributed by atoms with Gasteiger partial charge in [0.05, 0.1) is 16.4 Å². The maximum atomic E-state index is 6.12. The Morgan fingerprint density at radius 2 is 1.90 bits per heavy atom. The number of hydrogen-bond donors (Lipinski definition) is 1. The fourth-order valence-corrected chi connectivity index (χ4v) is 1.89. The molecule has 0 radical (unpaired) electrons. The fraction of sp³-hybridized carbons (Fsp3) is 0.182. The second kappa shape index (κ2) is 4.57. The Bertz CT molecular complexity index is 761. The van der Waals surface area contributed by atoms with Crippen molar-refractivity contribution < 1.29 is 0 Å². The van der Waals surface area contributed by atoms with Gasteiger partial charge in [-0.2, -0.15) is 25.1 Å². The molecule has 102 valence electrons. The fourth-order valence-electron chi connectivity index (χ4n) is 1.77. The average Bonchev–Trinajstić information content (AvgIpc) is 3.03. The smallest absolute Gasteiger partial charge is 0.257 e. The molecule has 8 nitrogen and oxygen atoms in total. The van der Waals surface area contributed by atoms with Crippen molar-refractivity contribution >= 4 is 17.5 Å². The molecule has 0 spiro atoms. The van der Waals surface area contributed by atoms with Crippen LogP contribution in [-0.2, 0) is 0 Å². The summed E-state index contributed by atoms with van der Waals surface area (Å²) in [5, 5.41) is 8.92. The molecular formula is C11H11ClN8. The number of halogens is 1. The summed E-state index contributed by atoms with van der Waals surface area (Å²) in [6, 6.07) is 1.76. The van der Waals surface area contributed by atoms with E-state index in [1.807, 2.05) is 13.8 Å². The molecule has 0 saturated heterocycles. The van der Waals surface area contributed by atoms with Crippen molar-refractivity contribution in [1.29, 1.82) is 0 Å². The zero-order chi connectivity index (χ0) is 14.3. The Morgan fingerprint density at radius 1 is 1.15 bits per heavy atom. The van der Waals surface area contributed by atoms with E-state index < -0.39 is 0 Å². The van der Waals surface area contributed by atoms with Gasteiger partial charge in [-0.3, -0.25) is 0 Å². The summed E-state index contributed by atoms with van der Waals surface area (Å²) in [5.41, 5.74) is 7.16. The van der Waals surface area contributed by atoms with Gasteiger partial charge in [-0.15, -0.1) is 0 Å². The van der Waals surface area contributed by atoms with Crippen LogP contribution in [-0.4, -0.2) is 34.5 Å². The van der Waals surface area contributed by atoms with E-state index in [2.05, 4.69) is 25.1 Å². The number of rotatable bonds is 2. The first-order chi connectivity index (χ1) is 9.56. The summed E-state index contributed by atoms with van der Waals surface area (Å²) >= 11 is 6.12. The summed E-state index contributed by atoms with van der Waals surface area (Å²) in [5.74, 6) is 0.709. The Balaban J connectivity index is 2.17. The lowest BCUT2D eigenvalue weighted by Crippen LogP contribution is -2.13. The molecule has 0 aliphatic heterocycles. The van der Waals surface area contributed by atoms with Gasteiger partial charge in [0.15, 0.2) is 0 Å². The number of nitrogens with two attached hydrogens (primary N) is 1. The minimum absolute atomic E-state index is 0.0872. The van der Waals surface area contributed by atoms with Crippen LogP contribution in [0.5, 0.6) is 0 Å². The van der Waals surface area contributed by atoms with Crippen LogP contribution in [0.15, 0.2) is 18.5 Å². The molecule has 0 aromatic carbocycles. The summed E-state index contributed by atoms with van der Waals surface area (Å²) in [6.45, 7) is 3.64. The van der Waals surface area contributed by atoms with E-state index in [1.165, 1.54) is 9.36 Å². The predicted molar refractivity (Wildman–Crippen MR) is 73.0 cm³/mol. The number of aromatic nitrogens is 7. The third-order valence-electron chi connectivity index (χ3n) is 2.73. The van der Waals surface area contributed by atoms with E-state index >= 15 is 0 Å². The van der Waals surface area contributed by atoms with Gasteiger partial charge in [-0.05, 0) is 19.9 Å². The monoisotopic (exact) mass is 290 g/mol. The van der Waals surface area contributed by atoms with Crippen molar-refractivity contribution in [1.82, 2.24) is 34.5 Å². The number of anilines is 1. The van der Waals surface area contributed by atoms with E-state index in [0.717, 1.165) is 5.69 Å². The third-order valence-corrected chi connectivity index (χ3v) is 3.28. The molecule has 3 heterocycles. The Hall–Kier alpha value is -2.48. The predicted octanol–water partition coefficient (Wildman–Crippen LogP) is 1.10. The summed E-state index contributed by atoms with van der Waals surface area (Å²) in [6.07, 6.45) is 3.34. The lowest BCUT2D eigenvalue weighted by atomic mass is 10.4. The molecule has 0 atom stereocenters. The van der Waals surface area contributed by atoms with Crippen molar-refractivity contribution in [3.63, 3.8) is 0 Å². The number of nitrogens with zero attached hydrogens (tertiary/aromatic N) is 7. The van der Waals surface area contributed by atoms with Gasteiger partial charge >= 0.3 is 0 Å². The Labute approximate surface area is 119 Å². The minimum Gasteiger partial charge on any atom is -0.368 e. The maximum absolute atomic E-state index is 6.12. The van der Waals surface area contributed by atoms with E-state index in [9.17, 15) is 0 Å². The van der Waals surface area contributed by atoms with Crippen molar-refractivity contribution in [2.24, 2.45) is 0 Å². The quantitative estimate of drug-likeness (QED) is 0.758. The van der Waals surface area contributed by atoms with Crippen LogP contribution in [0.25, 0.3) is 11.9 Å². The first-order valence-electron chi connectivity index (χ1n) is 5.80. The highest BCUT2D eigenvalue weighted by Crippen LogP contribution is 2.21. The molecule has 0 saturated carbocycles. The molecule has 0 aliphatic rings. The molecule has 3 aromatic heterocycles. The highest BCUT2D eigenvalue weighted by molar-refractivity contribution is 6.31. The molecule has 3 rings (SSSR count). The highest BCUT2D eigenvalue weighted by atomic mass is 35.5. The van der Waals surface area contributed by atoms with Crippen LogP contribution in [0.4, 0.5) is 5.95 Å². The normalized spacial score (nSPS) is 10.9. The first kappa shape index (κ1) is 12.5. The Kier molecular flexibility index (Phi) is 2.87. The van der Waals surface area contributed by atoms with Crippen molar-refractivity contribution in [3.05, 3.63) is 34.9 Å². The number of nitrogen functional groups attached to an aromatic ring is 1. The molecule has 0 amide bonds. The third kappa shape index (κ3) is 1.99. The highest BCUT2D eigenvalue weighted by Gasteiger charge is 2.15. The van der Waals surface area contributed by atoms with Gasteiger partial charge in [0.1, 0.15) is 0 Å². The second-order valence-corrected chi connectivity index (χ2v) is 4.52. The topological polar surface area (TPSA) is 100 Å². The maximum Gasteiger partial charge on any atom is 0.257 e. The first-order valence-corrected chi connectivity index (χ1v) is 6.17. The molecule has 2 N–H and O–H groups in total. The van der Waals surface area contributed by atoms with Crippen LogP contribution >= 0.6 is 11.6 Å². The van der Waals surface area contributed by atoms with Crippen molar-refractivity contribution in [3.8, 4) is 11.9 Å². The molecule has 3 aromatic rings. The van der Waals surface area contributed by atoms with E-state index in [-0.39, 0.29) is 5.95 Å². The van der Waals surface area contributed by atoms with Crippen LogP contribution in [0.1, 0.15) is 11.4 Å². The summed E-state index contributed by atoms with van der Waals surface area (Å²) < 4.78 is 3.03. The number of hydrogen-bond acceptors (Lipinski definition) is 6. The standard InChI is InChI=1S/C11H11ClN8/c1-6-8(12)7(2)20(18-6)11-16-9(13)15-10(17-11)19-5-3-4-14-19/h3-5H,1-2H3,(H2,13,15,16,17). The summed E-state index contributed by atoms with van der Waals surface area (Å²) in [7, 11) is 0. The Morgan fingerprint density at radius 3 is 2.50 bits per heavy atom. The average molecular weight is 291 g/mol. The van der Waals surface area contributed by atoms with Gasteiger partial charge < -0.3 is 5.73 Å². The van der Waals surface area contributed by atoms with Gasteiger partial charge in [-0.25, -0.2) is 9.36 Å². The van der Waals surface area contributed by atoms with Crippen LogP contribution in [0.3, 0.4) is 0 Å². The molecule has 20 heavy (non-hydrogen) atoms. The van der Waals surface area contributed by atoms with Crippen molar-refractivity contribution in [2.75, 3.05) is 5.73 Å². The molecule has 0 unspecified atom stereocenters. The SMILES string of the molecule is Cc1nn(-c2nc(N)nc(-n3cccn3)n2)c(C)c1Cl. The minimum atomic E-state index is 0.0872. The van der Waals surface area contributed by atoms with Crippen molar-refractivity contribution in [2.45, 2.75) is 13.8 Å². The van der Waals surface area contributed by atoms with E-state index in [1.54, 1.807) is 18.5 Å². The zero-order valence-electron chi connectivity index (χ0n) is 10.8. The van der Waals surface area contributed by atoms with Gasteiger partial charge in [0, 0.05) is 12.4 Å². The lowest BCUT2D eigenvalue weighted by molar-refractivity contribution is 0.732. The second-order valence-electron chi connectivity index (χ2n) is 4.14. The molecule has 0 bridgehead atoms. The number of aryl methyl sites for hydroxylation is 1. The summed E-state index contributed by atoms with van der Waals surface area (Å²) in [4.78, 5) is 12.4. The molecule has 0 fully saturated rings. The zero-order valence-corrected chi connectivity index (χ0v) is 11.6. The van der Waals surface area contributed by atoms with Gasteiger partial charge in [0.2, 0.25) is 5.95 Å². The van der Waals surface area contributed by atoms with Crippen LogP contribution < -0.4 is 5.73 Å². The molecule has 9 heteroatoms. The van der Waals surface area contributed by atoms with Gasteiger partial charge in [-0.1, -0.05) is 11.6 Å². The van der Waals surface area contributed by atoms with Crippen LogP contribution in [0.2, 0.25) is 5.02 Å². The largest absolute Gasteiger partial charge is 0.368 e. The van der Waals surface area contributed by atoms with E-state index in [0.29, 0.717) is 22.6 Å².